The van der Waals surface area contributed by atoms with Gasteiger partial charge in [0, 0.05) is 6.54 Å². The van der Waals surface area contributed by atoms with Crippen molar-refractivity contribution in [1.29, 1.82) is 0 Å². The van der Waals surface area contributed by atoms with Gasteiger partial charge in [-0.3, -0.25) is 13.6 Å². The van der Waals surface area contributed by atoms with Crippen molar-refractivity contribution in [2.24, 2.45) is 5.73 Å². The molecular formula is C38H80NO4P. The minimum absolute atomic E-state index is 0.204. The molecule has 266 valence electrons. The van der Waals surface area contributed by atoms with Gasteiger partial charge in [-0.1, -0.05) is 206 Å². The molecule has 0 saturated carbocycles. The van der Waals surface area contributed by atoms with Crippen molar-refractivity contribution in [3.8, 4) is 0 Å². The van der Waals surface area contributed by atoms with Crippen molar-refractivity contribution in [2.45, 2.75) is 219 Å². The van der Waals surface area contributed by atoms with Crippen LogP contribution in [0.2, 0.25) is 0 Å². The van der Waals surface area contributed by atoms with Crippen LogP contribution in [0.4, 0.5) is 0 Å². The number of hydrogen-bond acceptors (Lipinski definition) is 5. The Morgan fingerprint density at radius 3 is 0.773 bits per heavy atom. The molecule has 0 heterocycles. The van der Waals surface area contributed by atoms with Gasteiger partial charge >= 0.3 is 7.82 Å². The van der Waals surface area contributed by atoms with Crippen LogP contribution in [0.25, 0.3) is 0 Å². The summed E-state index contributed by atoms with van der Waals surface area (Å²) in [5.74, 6) is 0. The first kappa shape index (κ1) is 44.1. The van der Waals surface area contributed by atoms with Gasteiger partial charge in [-0.15, -0.1) is 0 Å². The van der Waals surface area contributed by atoms with Crippen molar-refractivity contribution in [3.63, 3.8) is 0 Å². The van der Waals surface area contributed by atoms with E-state index in [4.69, 9.17) is 19.3 Å². The first-order chi connectivity index (χ1) is 21.7. The highest BCUT2D eigenvalue weighted by molar-refractivity contribution is 7.48. The van der Waals surface area contributed by atoms with Crippen molar-refractivity contribution >= 4 is 7.82 Å². The Hall–Kier alpha value is 0.0700. The Morgan fingerprint density at radius 2 is 0.545 bits per heavy atom. The lowest BCUT2D eigenvalue weighted by Gasteiger charge is -2.17. The summed E-state index contributed by atoms with van der Waals surface area (Å²) in [4.78, 5) is 0. The summed E-state index contributed by atoms with van der Waals surface area (Å²) in [5.41, 5.74) is 5.57. The van der Waals surface area contributed by atoms with E-state index in [1.807, 2.05) is 0 Å². The van der Waals surface area contributed by atoms with Crippen LogP contribution in [-0.4, -0.2) is 26.4 Å². The zero-order chi connectivity index (χ0) is 32.1. The van der Waals surface area contributed by atoms with Gasteiger partial charge in [0.1, 0.15) is 0 Å². The van der Waals surface area contributed by atoms with Crippen LogP contribution in [0, 0.1) is 0 Å². The highest BCUT2D eigenvalue weighted by Crippen LogP contribution is 2.49. The van der Waals surface area contributed by atoms with E-state index >= 15 is 0 Å². The Labute approximate surface area is 276 Å². The third kappa shape index (κ3) is 34.9. The second-order valence-corrected chi connectivity index (χ2v) is 15.0. The Morgan fingerprint density at radius 1 is 0.341 bits per heavy atom. The van der Waals surface area contributed by atoms with Crippen LogP contribution in [0.5, 0.6) is 0 Å². The minimum atomic E-state index is -3.50. The topological polar surface area (TPSA) is 70.8 Å². The normalized spacial score (nSPS) is 12.0. The fourth-order valence-corrected chi connectivity index (χ4v) is 7.19. The van der Waals surface area contributed by atoms with E-state index in [0.717, 1.165) is 25.7 Å². The van der Waals surface area contributed by atoms with E-state index in [1.165, 1.54) is 180 Å². The number of unbranched alkanes of at least 4 members (excludes halogenated alkanes) is 30. The molecule has 2 N–H and O–H groups in total. The van der Waals surface area contributed by atoms with Gasteiger partial charge in [0.25, 0.3) is 0 Å². The number of hydrogen-bond donors (Lipinski definition) is 1. The van der Waals surface area contributed by atoms with Crippen LogP contribution < -0.4 is 5.73 Å². The van der Waals surface area contributed by atoms with Crippen molar-refractivity contribution in [3.05, 3.63) is 0 Å². The summed E-state index contributed by atoms with van der Waals surface area (Å²) in [6, 6.07) is 0. The third-order valence-corrected chi connectivity index (χ3v) is 10.4. The average Bonchev–Trinajstić information content (AvgIpc) is 3.03. The number of phosphoric acid groups is 1. The van der Waals surface area contributed by atoms with E-state index in [-0.39, 0.29) is 6.61 Å². The molecule has 44 heavy (non-hydrogen) atoms. The standard InChI is InChI=1S/C38H80NO4P/c1-3-5-7-9-11-13-15-17-19-21-23-25-27-29-31-33-36-41-44(40,43-38-35-39)42-37-34-32-30-28-26-24-22-20-18-16-14-12-10-8-6-4-2/h3-39H2,1-2H3. The molecule has 0 rings (SSSR count). The van der Waals surface area contributed by atoms with Crippen LogP contribution in [0.15, 0.2) is 0 Å². The maximum absolute atomic E-state index is 13.0. The molecule has 5 nitrogen and oxygen atoms in total. The monoisotopic (exact) mass is 646 g/mol. The minimum Gasteiger partial charge on any atom is -0.328 e. The van der Waals surface area contributed by atoms with E-state index < -0.39 is 7.82 Å². The van der Waals surface area contributed by atoms with E-state index in [0.29, 0.717) is 19.8 Å². The van der Waals surface area contributed by atoms with Crippen LogP contribution >= 0.6 is 7.82 Å². The quantitative estimate of drug-likeness (QED) is 0.0532. The molecule has 6 heteroatoms. The third-order valence-electron chi connectivity index (χ3n) is 8.86. The molecule has 0 radical (unpaired) electrons. The molecular weight excluding hydrogens is 565 g/mol. The van der Waals surface area contributed by atoms with E-state index in [9.17, 15) is 4.57 Å². The van der Waals surface area contributed by atoms with Gasteiger partial charge in [-0.05, 0) is 12.8 Å². The molecule has 0 unspecified atom stereocenters. The predicted octanol–water partition coefficient (Wildman–Crippen LogP) is 13.6. The molecule has 0 aliphatic heterocycles. The summed E-state index contributed by atoms with van der Waals surface area (Å²) in [6.45, 7) is 5.95. The van der Waals surface area contributed by atoms with Gasteiger partial charge in [-0.25, -0.2) is 4.57 Å². The van der Waals surface area contributed by atoms with E-state index in [1.54, 1.807) is 0 Å². The number of rotatable bonds is 39. The zero-order valence-electron chi connectivity index (χ0n) is 30.1. The SMILES string of the molecule is CCCCCCCCCCCCCCCCCCOP(=O)(OCCN)OCCCCCCCCCCCCCCCCCC. The number of phosphoric ester groups is 1. The van der Waals surface area contributed by atoms with Crippen LogP contribution in [0.3, 0.4) is 0 Å². The lowest BCUT2D eigenvalue weighted by atomic mass is 10.0. The molecule has 0 aromatic carbocycles. The van der Waals surface area contributed by atoms with Crippen LogP contribution in [0.1, 0.15) is 219 Å². The second kappa shape index (κ2) is 37.5. The summed E-state index contributed by atoms with van der Waals surface area (Å²) in [7, 11) is -3.50. The second-order valence-electron chi connectivity index (χ2n) is 13.3. The molecule has 0 aliphatic rings. The van der Waals surface area contributed by atoms with Crippen LogP contribution in [-0.2, 0) is 18.1 Å². The smallest absolute Gasteiger partial charge is 0.328 e. The summed E-state index contributed by atoms with van der Waals surface area (Å²) < 4.78 is 29.7. The van der Waals surface area contributed by atoms with Gasteiger partial charge in [0.15, 0.2) is 0 Å². The Kier molecular flexibility index (Phi) is 37.6. The first-order valence-corrected chi connectivity index (χ1v) is 21.4. The molecule has 0 bridgehead atoms. The van der Waals surface area contributed by atoms with Gasteiger partial charge in [-0.2, -0.15) is 0 Å². The summed E-state index contributed by atoms with van der Waals surface area (Å²) in [6.07, 6.45) is 42.6. The zero-order valence-corrected chi connectivity index (χ0v) is 31.0. The van der Waals surface area contributed by atoms with E-state index in [2.05, 4.69) is 13.8 Å². The molecule has 0 aromatic heterocycles. The molecule has 0 spiro atoms. The molecule has 0 saturated heterocycles. The van der Waals surface area contributed by atoms with Gasteiger partial charge < -0.3 is 5.73 Å². The highest BCUT2D eigenvalue weighted by atomic mass is 31.2. The Balaban J connectivity index is 3.57. The first-order valence-electron chi connectivity index (χ1n) is 19.9. The molecule has 0 fully saturated rings. The molecule has 0 aromatic rings. The molecule has 0 atom stereocenters. The lowest BCUT2D eigenvalue weighted by Crippen LogP contribution is -2.10. The maximum atomic E-state index is 13.0. The summed E-state index contributed by atoms with van der Waals surface area (Å²) in [5, 5.41) is 0. The fraction of sp³-hybridized carbons (Fsp3) is 1.00. The predicted molar refractivity (Wildman–Crippen MR) is 194 cm³/mol. The number of nitrogens with two attached hydrogens (primary N) is 1. The van der Waals surface area contributed by atoms with Gasteiger partial charge in [0.2, 0.25) is 0 Å². The largest absolute Gasteiger partial charge is 0.474 e. The van der Waals surface area contributed by atoms with Crippen molar-refractivity contribution in [1.82, 2.24) is 0 Å². The Bertz CT molecular complexity index is 535. The van der Waals surface area contributed by atoms with Crippen molar-refractivity contribution in [2.75, 3.05) is 26.4 Å². The highest BCUT2D eigenvalue weighted by Gasteiger charge is 2.25. The lowest BCUT2D eigenvalue weighted by molar-refractivity contribution is 0.112. The van der Waals surface area contributed by atoms with Gasteiger partial charge in [0.05, 0.1) is 19.8 Å². The van der Waals surface area contributed by atoms with Crippen molar-refractivity contribution < 1.29 is 18.1 Å². The molecule has 0 amide bonds. The fourth-order valence-electron chi connectivity index (χ4n) is 5.93. The molecule has 0 aliphatic carbocycles. The summed E-state index contributed by atoms with van der Waals surface area (Å²) >= 11 is 0. The average molecular weight is 646 g/mol. The maximum Gasteiger partial charge on any atom is 0.474 e.